The SMILES string of the molecule is Cn1cc2c(n1)-c1cc(F)ccc1OC21CCNCC1. The smallest absolute Gasteiger partial charge is 0.140 e. The third kappa shape index (κ3) is 1.59. The minimum Gasteiger partial charge on any atom is -0.482 e. The lowest BCUT2D eigenvalue weighted by atomic mass is 9.81. The van der Waals surface area contributed by atoms with Crippen LogP contribution in [0.25, 0.3) is 11.3 Å². The Morgan fingerprint density at radius 1 is 1.35 bits per heavy atom. The number of nitrogens with zero attached hydrogens (tertiary/aromatic N) is 2. The highest BCUT2D eigenvalue weighted by Gasteiger charge is 2.43. The van der Waals surface area contributed by atoms with Gasteiger partial charge in [0, 0.05) is 37.2 Å². The monoisotopic (exact) mass is 273 g/mol. The van der Waals surface area contributed by atoms with E-state index < -0.39 is 0 Å². The summed E-state index contributed by atoms with van der Waals surface area (Å²) in [4.78, 5) is 0. The van der Waals surface area contributed by atoms with Crippen molar-refractivity contribution in [3.8, 4) is 17.0 Å². The van der Waals surface area contributed by atoms with Gasteiger partial charge in [-0.15, -0.1) is 0 Å². The predicted octanol–water partition coefficient (Wildman–Crippen LogP) is 2.20. The summed E-state index contributed by atoms with van der Waals surface area (Å²) >= 11 is 0. The molecule has 1 saturated heterocycles. The number of rotatable bonds is 0. The van der Waals surface area contributed by atoms with E-state index in [9.17, 15) is 4.39 Å². The number of hydrogen-bond donors (Lipinski definition) is 1. The molecule has 0 amide bonds. The summed E-state index contributed by atoms with van der Waals surface area (Å²) in [5, 5.41) is 7.89. The number of nitrogens with one attached hydrogen (secondary N) is 1. The molecule has 3 heterocycles. The van der Waals surface area contributed by atoms with Crippen LogP contribution >= 0.6 is 0 Å². The summed E-state index contributed by atoms with van der Waals surface area (Å²) in [5.41, 5.74) is 2.37. The van der Waals surface area contributed by atoms with E-state index >= 15 is 0 Å². The molecule has 0 bridgehead atoms. The maximum atomic E-state index is 13.5. The molecule has 0 unspecified atom stereocenters. The highest BCUT2D eigenvalue weighted by molar-refractivity contribution is 5.73. The number of hydrogen-bond acceptors (Lipinski definition) is 3. The van der Waals surface area contributed by atoms with Crippen molar-refractivity contribution in [2.75, 3.05) is 13.1 Å². The van der Waals surface area contributed by atoms with Gasteiger partial charge in [-0.05, 0) is 31.3 Å². The van der Waals surface area contributed by atoms with Crippen molar-refractivity contribution in [1.82, 2.24) is 15.1 Å². The van der Waals surface area contributed by atoms with Gasteiger partial charge in [-0.1, -0.05) is 0 Å². The minimum absolute atomic E-state index is 0.259. The van der Waals surface area contributed by atoms with Crippen LogP contribution in [-0.2, 0) is 12.6 Å². The fraction of sp³-hybridized carbons (Fsp3) is 0.400. The van der Waals surface area contributed by atoms with Gasteiger partial charge in [0.15, 0.2) is 0 Å². The van der Waals surface area contributed by atoms with Crippen LogP contribution in [0.3, 0.4) is 0 Å². The van der Waals surface area contributed by atoms with Gasteiger partial charge in [0.2, 0.25) is 0 Å². The molecule has 0 aliphatic carbocycles. The van der Waals surface area contributed by atoms with Gasteiger partial charge in [0.25, 0.3) is 0 Å². The van der Waals surface area contributed by atoms with E-state index in [4.69, 9.17) is 4.74 Å². The molecule has 4 nitrogen and oxygen atoms in total. The number of ether oxygens (including phenoxy) is 1. The molecule has 20 heavy (non-hydrogen) atoms. The zero-order chi connectivity index (χ0) is 13.7. The third-order valence-electron chi connectivity index (χ3n) is 4.23. The van der Waals surface area contributed by atoms with E-state index in [1.54, 1.807) is 10.7 Å². The average Bonchev–Trinajstić information content (AvgIpc) is 2.84. The molecule has 0 atom stereocenters. The Labute approximate surface area is 116 Å². The fourth-order valence-electron chi connectivity index (χ4n) is 3.26. The van der Waals surface area contributed by atoms with E-state index in [2.05, 4.69) is 10.4 Å². The number of aromatic nitrogens is 2. The van der Waals surface area contributed by atoms with Gasteiger partial charge in [-0.3, -0.25) is 4.68 Å². The Morgan fingerprint density at radius 2 is 2.15 bits per heavy atom. The first-order valence-corrected chi connectivity index (χ1v) is 6.92. The molecule has 1 spiro atoms. The van der Waals surface area contributed by atoms with Crippen molar-refractivity contribution in [3.63, 3.8) is 0 Å². The van der Waals surface area contributed by atoms with E-state index in [1.807, 2.05) is 13.2 Å². The van der Waals surface area contributed by atoms with E-state index in [0.717, 1.165) is 48.5 Å². The molecule has 2 aliphatic heterocycles. The zero-order valence-corrected chi connectivity index (χ0v) is 11.3. The number of halogens is 1. The van der Waals surface area contributed by atoms with Crippen LogP contribution in [0.1, 0.15) is 18.4 Å². The van der Waals surface area contributed by atoms with Crippen LogP contribution in [0, 0.1) is 5.82 Å². The van der Waals surface area contributed by atoms with Gasteiger partial charge in [0.1, 0.15) is 22.9 Å². The topological polar surface area (TPSA) is 39.1 Å². The zero-order valence-electron chi connectivity index (χ0n) is 11.3. The largest absolute Gasteiger partial charge is 0.482 e. The lowest BCUT2D eigenvalue weighted by molar-refractivity contribution is 0.0306. The Bertz CT molecular complexity index is 674. The Hall–Kier alpha value is -1.88. The summed E-state index contributed by atoms with van der Waals surface area (Å²) in [6.45, 7) is 1.84. The van der Waals surface area contributed by atoms with Crippen molar-refractivity contribution in [1.29, 1.82) is 0 Å². The first kappa shape index (κ1) is 11.9. The molecule has 5 heteroatoms. The molecular weight excluding hydrogens is 257 g/mol. The predicted molar refractivity (Wildman–Crippen MR) is 73.0 cm³/mol. The number of fused-ring (bicyclic) bond motifs is 4. The summed E-state index contributed by atoms with van der Waals surface area (Å²) in [6, 6.07) is 4.67. The Balaban J connectivity index is 1.94. The Morgan fingerprint density at radius 3 is 2.95 bits per heavy atom. The highest BCUT2D eigenvalue weighted by atomic mass is 19.1. The first-order chi connectivity index (χ1) is 9.68. The lowest BCUT2D eigenvalue weighted by Crippen LogP contribution is -2.45. The second-order valence-electron chi connectivity index (χ2n) is 5.55. The molecule has 4 rings (SSSR count). The van der Waals surface area contributed by atoms with Gasteiger partial charge in [-0.25, -0.2) is 4.39 Å². The van der Waals surface area contributed by atoms with Crippen molar-refractivity contribution in [2.45, 2.75) is 18.4 Å². The van der Waals surface area contributed by atoms with Crippen LogP contribution in [0.2, 0.25) is 0 Å². The average molecular weight is 273 g/mol. The van der Waals surface area contributed by atoms with E-state index in [1.165, 1.54) is 12.1 Å². The lowest BCUT2D eigenvalue weighted by Gasteiger charge is -2.41. The summed E-state index contributed by atoms with van der Waals surface area (Å²) < 4.78 is 21.6. The second kappa shape index (κ2) is 4.06. The molecule has 0 saturated carbocycles. The molecular formula is C15H16FN3O. The molecule has 1 aromatic carbocycles. The van der Waals surface area contributed by atoms with Gasteiger partial charge >= 0.3 is 0 Å². The molecule has 1 aromatic heterocycles. The molecule has 2 aliphatic rings. The maximum absolute atomic E-state index is 13.5. The van der Waals surface area contributed by atoms with Gasteiger partial charge in [-0.2, -0.15) is 5.10 Å². The first-order valence-electron chi connectivity index (χ1n) is 6.92. The van der Waals surface area contributed by atoms with Crippen LogP contribution in [0.15, 0.2) is 24.4 Å². The van der Waals surface area contributed by atoms with Crippen molar-refractivity contribution < 1.29 is 9.13 Å². The van der Waals surface area contributed by atoms with Crippen LogP contribution in [0.4, 0.5) is 4.39 Å². The molecule has 1 N–H and O–H groups in total. The van der Waals surface area contributed by atoms with Crippen LogP contribution in [-0.4, -0.2) is 22.9 Å². The third-order valence-corrected chi connectivity index (χ3v) is 4.23. The van der Waals surface area contributed by atoms with Crippen molar-refractivity contribution in [3.05, 3.63) is 35.8 Å². The maximum Gasteiger partial charge on any atom is 0.140 e. The standard InChI is InChI=1S/C15H16FN3O/c1-19-9-12-14(18-19)11-8-10(16)2-3-13(11)20-15(12)4-6-17-7-5-15/h2-3,8-9,17H,4-7H2,1H3. The minimum atomic E-state index is -0.320. The van der Waals surface area contributed by atoms with Gasteiger partial charge in [0.05, 0.1) is 0 Å². The number of benzene rings is 1. The molecule has 104 valence electrons. The Kier molecular flexibility index (Phi) is 2.41. The van der Waals surface area contributed by atoms with Crippen molar-refractivity contribution >= 4 is 0 Å². The summed E-state index contributed by atoms with van der Waals surface area (Å²) in [5.74, 6) is 0.477. The number of aryl methyl sites for hydroxylation is 1. The van der Waals surface area contributed by atoms with Gasteiger partial charge < -0.3 is 10.1 Å². The van der Waals surface area contributed by atoms with Crippen molar-refractivity contribution in [2.24, 2.45) is 7.05 Å². The summed E-state index contributed by atoms with van der Waals surface area (Å²) in [7, 11) is 1.89. The normalized spacial score (nSPS) is 19.3. The van der Waals surface area contributed by atoms with E-state index in [0.29, 0.717) is 0 Å². The summed E-state index contributed by atoms with van der Waals surface area (Å²) in [6.07, 6.45) is 3.82. The number of piperidine rings is 1. The second-order valence-corrected chi connectivity index (χ2v) is 5.55. The quantitative estimate of drug-likeness (QED) is 0.800. The fourth-order valence-corrected chi connectivity index (χ4v) is 3.26. The highest BCUT2D eigenvalue weighted by Crippen LogP contribution is 2.48. The van der Waals surface area contributed by atoms with Crippen LogP contribution < -0.4 is 10.1 Å². The molecule has 1 fully saturated rings. The molecule has 0 radical (unpaired) electrons. The van der Waals surface area contributed by atoms with E-state index in [-0.39, 0.29) is 11.4 Å². The van der Waals surface area contributed by atoms with Crippen LogP contribution in [0.5, 0.6) is 5.75 Å². The molecule has 2 aromatic rings.